The summed E-state index contributed by atoms with van der Waals surface area (Å²) in [5, 5.41) is 3.16. The van der Waals surface area contributed by atoms with Crippen molar-refractivity contribution in [1.29, 1.82) is 0 Å². The van der Waals surface area contributed by atoms with Crippen molar-refractivity contribution in [2.45, 2.75) is 91.3 Å². The van der Waals surface area contributed by atoms with Gasteiger partial charge in [-0.1, -0.05) is 55.2 Å². The molecular formula is C30H43N3O4S. The van der Waals surface area contributed by atoms with E-state index < -0.39 is 16.1 Å². The van der Waals surface area contributed by atoms with E-state index in [0.29, 0.717) is 18.7 Å². The molecule has 1 saturated carbocycles. The van der Waals surface area contributed by atoms with Gasteiger partial charge in [-0.2, -0.15) is 0 Å². The van der Waals surface area contributed by atoms with Crippen LogP contribution in [0.4, 0.5) is 5.69 Å². The van der Waals surface area contributed by atoms with E-state index in [1.807, 2.05) is 63.2 Å². The molecule has 2 aromatic rings. The maximum absolute atomic E-state index is 13.5. The van der Waals surface area contributed by atoms with E-state index in [0.717, 1.165) is 47.9 Å². The van der Waals surface area contributed by atoms with E-state index in [1.54, 1.807) is 11.8 Å². The predicted molar refractivity (Wildman–Crippen MR) is 154 cm³/mol. The molecule has 208 valence electrons. The zero-order valence-corrected chi connectivity index (χ0v) is 24.3. The summed E-state index contributed by atoms with van der Waals surface area (Å²) >= 11 is 0. The largest absolute Gasteiger partial charge is 0.352 e. The maximum Gasteiger partial charge on any atom is 0.242 e. The normalized spacial score (nSPS) is 15.1. The fraction of sp³-hybridized carbons (Fsp3) is 0.533. The SMILES string of the molecule is Cc1cccc(CN(C(=O)CCCN(c2cc(C)cc(C)c2)S(C)(=O)=O)[C@H](C)C(=O)NC2CCCCC2)c1. The molecule has 7 nitrogen and oxygen atoms in total. The molecule has 1 N–H and O–H groups in total. The van der Waals surface area contributed by atoms with Crippen molar-refractivity contribution in [1.82, 2.24) is 10.2 Å². The molecule has 0 radical (unpaired) electrons. The number of rotatable bonds is 11. The second-order valence-corrected chi connectivity index (χ2v) is 12.7. The van der Waals surface area contributed by atoms with Gasteiger partial charge in [0.2, 0.25) is 21.8 Å². The molecule has 0 aliphatic heterocycles. The summed E-state index contributed by atoms with van der Waals surface area (Å²) in [7, 11) is -3.52. The van der Waals surface area contributed by atoms with E-state index in [-0.39, 0.29) is 30.8 Å². The van der Waals surface area contributed by atoms with E-state index in [1.165, 1.54) is 17.0 Å². The molecule has 2 amide bonds. The number of hydrogen-bond acceptors (Lipinski definition) is 4. The molecular weight excluding hydrogens is 498 g/mol. The lowest BCUT2D eigenvalue weighted by Gasteiger charge is -2.31. The smallest absolute Gasteiger partial charge is 0.242 e. The number of hydrogen-bond donors (Lipinski definition) is 1. The molecule has 8 heteroatoms. The molecule has 0 aromatic heterocycles. The third-order valence-electron chi connectivity index (χ3n) is 7.20. The van der Waals surface area contributed by atoms with Gasteiger partial charge in [-0.25, -0.2) is 8.42 Å². The molecule has 1 aliphatic rings. The number of nitrogens with one attached hydrogen (secondary N) is 1. The Morgan fingerprint density at radius 2 is 1.63 bits per heavy atom. The average molecular weight is 542 g/mol. The third-order valence-corrected chi connectivity index (χ3v) is 8.39. The van der Waals surface area contributed by atoms with Crippen LogP contribution in [0.15, 0.2) is 42.5 Å². The topological polar surface area (TPSA) is 86.8 Å². The fourth-order valence-corrected chi connectivity index (χ4v) is 6.21. The van der Waals surface area contributed by atoms with Crippen molar-refractivity contribution < 1.29 is 18.0 Å². The minimum Gasteiger partial charge on any atom is -0.352 e. The van der Waals surface area contributed by atoms with Crippen LogP contribution < -0.4 is 9.62 Å². The number of aryl methyl sites for hydroxylation is 3. The molecule has 38 heavy (non-hydrogen) atoms. The van der Waals surface area contributed by atoms with Crippen molar-refractivity contribution in [2.24, 2.45) is 0 Å². The van der Waals surface area contributed by atoms with Crippen LogP contribution >= 0.6 is 0 Å². The highest BCUT2D eigenvalue weighted by Gasteiger charge is 2.28. The summed E-state index contributed by atoms with van der Waals surface area (Å²) in [5.41, 5.74) is 4.61. The molecule has 2 aromatic carbocycles. The molecule has 1 fully saturated rings. The number of sulfonamides is 1. The quantitative estimate of drug-likeness (QED) is 0.433. The fourth-order valence-electron chi connectivity index (χ4n) is 5.26. The Kier molecular flexibility index (Phi) is 10.4. The summed E-state index contributed by atoms with van der Waals surface area (Å²) in [6.45, 7) is 8.17. The molecule has 0 unspecified atom stereocenters. The van der Waals surface area contributed by atoms with Gasteiger partial charge in [0.1, 0.15) is 6.04 Å². The van der Waals surface area contributed by atoms with Gasteiger partial charge >= 0.3 is 0 Å². The molecule has 0 spiro atoms. The van der Waals surface area contributed by atoms with Crippen LogP contribution in [0.1, 0.15) is 74.1 Å². The second kappa shape index (κ2) is 13.3. The third kappa shape index (κ3) is 8.58. The van der Waals surface area contributed by atoms with Crippen molar-refractivity contribution >= 4 is 27.5 Å². The first-order valence-electron chi connectivity index (χ1n) is 13.7. The second-order valence-electron chi connectivity index (χ2n) is 10.8. The predicted octanol–water partition coefficient (Wildman–Crippen LogP) is 5.02. The van der Waals surface area contributed by atoms with Crippen LogP contribution in [0.25, 0.3) is 0 Å². The Balaban J connectivity index is 1.73. The van der Waals surface area contributed by atoms with Crippen molar-refractivity contribution in [3.63, 3.8) is 0 Å². The van der Waals surface area contributed by atoms with Gasteiger partial charge in [0.25, 0.3) is 0 Å². The Bertz CT molecular complexity index is 1200. The van der Waals surface area contributed by atoms with Gasteiger partial charge in [-0.05, 0) is 75.8 Å². The van der Waals surface area contributed by atoms with Gasteiger partial charge in [0, 0.05) is 25.6 Å². The number of anilines is 1. The summed E-state index contributed by atoms with van der Waals surface area (Å²) in [6, 6.07) is 13.2. The van der Waals surface area contributed by atoms with E-state index in [2.05, 4.69) is 5.32 Å². The van der Waals surface area contributed by atoms with Crippen LogP contribution in [0.2, 0.25) is 0 Å². The molecule has 0 bridgehead atoms. The number of benzene rings is 2. The van der Waals surface area contributed by atoms with E-state index in [4.69, 9.17) is 0 Å². The molecule has 1 atom stereocenters. The Morgan fingerprint density at radius 3 is 2.24 bits per heavy atom. The van der Waals surface area contributed by atoms with Gasteiger partial charge in [0.15, 0.2) is 0 Å². The Hall–Kier alpha value is -2.87. The first-order valence-corrected chi connectivity index (χ1v) is 15.5. The minimum absolute atomic E-state index is 0.133. The molecule has 0 saturated heterocycles. The van der Waals surface area contributed by atoms with Crippen LogP contribution in [-0.2, 0) is 26.2 Å². The lowest BCUT2D eigenvalue weighted by Crippen LogP contribution is -2.50. The van der Waals surface area contributed by atoms with Gasteiger partial charge in [-0.3, -0.25) is 13.9 Å². The number of carbonyl (C=O) groups is 2. The van der Waals surface area contributed by atoms with Crippen molar-refractivity contribution in [2.75, 3.05) is 17.1 Å². The summed E-state index contributed by atoms with van der Waals surface area (Å²) in [6.07, 6.45) is 7.06. The molecule has 1 aliphatic carbocycles. The first-order chi connectivity index (χ1) is 17.9. The van der Waals surface area contributed by atoms with E-state index in [9.17, 15) is 18.0 Å². The minimum atomic E-state index is -3.52. The van der Waals surface area contributed by atoms with Crippen LogP contribution in [0, 0.1) is 20.8 Å². The van der Waals surface area contributed by atoms with Gasteiger partial charge < -0.3 is 10.2 Å². The summed E-state index contributed by atoms with van der Waals surface area (Å²) in [5.74, 6) is -0.294. The van der Waals surface area contributed by atoms with Crippen molar-refractivity contribution in [3.05, 3.63) is 64.7 Å². The highest BCUT2D eigenvalue weighted by Crippen LogP contribution is 2.23. The number of nitrogens with zero attached hydrogens (tertiary/aromatic N) is 2. The lowest BCUT2D eigenvalue weighted by molar-refractivity contribution is -0.141. The van der Waals surface area contributed by atoms with Crippen LogP contribution in [-0.4, -0.2) is 50.0 Å². The highest BCUT2D eigenvalue weighted by atomic mass is 32.2. The van der Waals surface area contributed by atoms with Gasteiger partial charge in [0.05, 0.1) is 11.9 Å². The Morgan fingerprint density at radius 1 is 0.974 bits per heavy atom. The Labute approximate surface area is 228 Å². The van der Waals surface area contributed by atoms with Gasteiger partial charge in [-0.15, -0.1) is 0 Å². The standard InChI is InChI=1S/C30H43N3O4S/c1-22-11-9-12-26(18-22)21-32(25(4)30(35)31-27-13-7-6-8-14-27)29(34)15-10-16-33(38(5,36)37)28-19-23(2)17-24(3)20-28/h9,11-12,17-20,25,27H,6-8,10,13-16,21H2,1-5H3,(H,31,35)/t25-/m1/s1. The van der Waals surface area contributed by atoms with Crippen molar-refractivity contribution in [3.8, 4) is 0 Å². The molecule has 3 rings (SSSR count). The van der Waals surface area contributed by atoms with E-state index >= 15 is 0 Å². The first kappa shape index (κ1) is 29.7. The average Bonchev–Trinajstić information content (AvgIpc) is 2.84. The maximum atomic E-state index is 13.5. The monoisotopic (exact) mass is 541 g/mol. The summed E-state index contributed by atoms with van der Waals surface area (Å²) < 4.78 is 26.6. The highest BCUT2D eigenvalue weighted by molar-refractivity contribution is 7.92. The zero-order chi connectivity index (χ0) is 27.9. The van der Waals surface area contributed by atoms with Crippen LogP contribution in [0.5, 0.6) is 0 Å². The number of amides is 2. The molecule has 0 heterocycles. The summed E-state index contributed by atoms with van der Waals surface area (Å²) in [4.78, 5) is 28.3. The van der Waals surface area contributed by atoms with Crippen LogP contribution in [0.3, 0.4) is 0 Å². The lowest BCUT2D eigenvalue weighted by atomic mass is 9.95. The number of carbonyl (C=O) groups excluding carboxylic acids is 2. The zero-order valence-electron chi connectivity index (χ0n) is 23.5.